The number of rotatable bonds is 8. The number of ether oxygens (including phenoxy) is 2. The van der Waals surface area contributed by atoms with Crippen molar-refractivity contribution in [1.29, 1.82) is 0 Å². The average Bonchev–Trinajstić information content (AvgIpc) is 3.31. The van der Waals surface area contributed by atoms with E-state index < -0.39 is 6.10 Å². The molecule has 0 amide bonds. The molecule has 3 aromatic rings. The van der Waals surface area contributed by atoms with E-state index in [1.807, 2.05) is 24.3 Å². The smallest absolute Gasteiger partial charge is 0.310 e. The summed E-state index contributed by atoms with van der Waals surface area (Å²) in [5.41, 5.74) is 2.75. The minimum Gasteiger partial charge on any atom is -0.497 e. The zero-order valence-corrected chi connectivity index (χ0v) is 21.1. The van der Waals surface area contributed by atoms with Gasteiger partial charge < -0.3 is 19.9 Å². The van der Waals surface area contributed by atoms with Crippen LogP contribution in [0.3, 0.4) is 0 Å². The van der Waals surface area contributed by atoms with Crippen LogP contribution in [0.25, 0.3) is 10.9 Å². The first kappa shape index (κ1) is 24.2. The number of hydrogen-bond acceptors (Lipinski definition) is 8. The van der Waals surface area contributed by atoms with E-state index in [0.29, 0.717) is 13.0 Å². The first-order chi connectivity index (χ1) is 17.0. The minimum absolute atomic E-state index is 0.0614. The summed E-state index contributed by atoms with van der Waals surface area (Å²) in [6.45, 7) is 3.73. The Kier molecular flexibility index (Phi) is 7.32. The number of piperidine rings is 1. The molecule has 2 fully saturated rings. The van der Waals surface area contributed by atoms with Gasteiger partial charge in [0.25, 0.3) is 0 Å². The lowest BCUT2D eigenvalue weighted by Gasteiger charge is -2.44. The van der Waals surface area contributed by atoms with Crippen LogP contribution in [0, 0.1) is 18.8 Å². The number of hydrogen-bond donors (Lipinski definition) is 2. The number of nitrogens with zero attached hydrogens (tertiary/aromatic N) is 2. The van der Waals surface area contributed by atoms with Crippen molar-refractivity contribution in [2.75, 3.05) is 20.2 Å². The molecule has 2 aliphatic rings. The maximum absolute atomic E-state index is 12.8. The van der Waals surface area contributed by atoms with Gasteiger partial charge in [-0.3, -0.25) is 9.78 Å². The van der Waals surface area contributed by atoms with Crippen LogP contribution in [-0.4, -0.2) is 46.7 Å². The molecule has 8 heteroatoms. The molecule has 3 heterocycles. The third-order valence-corrected chi connectivity index (χ3v) is 8.23. The zero-order valence-electron chi connectivity index (χ0n) is 20.3. The van der Waals surface area contributed by atoms with Crippen molar-refractivity contribution in [3.8, 4) is 5.75 Å². The molecule has 0 spiro atoms. The van der Waals surface area contributed by atoms with Crippen LogP contribution in [-0.2, 0) is 9.53 Å². The Bertz CT molecular complexity index is 1180. The average molecular weight is 496 g/mol. The molecular weight excluding hydrogens is 462 g/mol. The Morgan fingerprint density at radius 3 is 2.94 bits per heavy atom. The predicted octanol–water partition coefficient (Wildman–Crippen LogP) is 4.54. The molecule has 2 aromatic heterocycles. The minimum atomic E-state index is -0.648. The van der Waals surface area contributed by atoms with Crippen molar-refractivity contribution in [2.45, 2.75) is 57.2 Å². The first-order valence-corrected chi connectivity index (χ1v) is 13.3. The van der Waals surface area contributed by atoms with Gasteiger partial charge >= 0.3 is 5.97 Å². The maximum Gasteiger partial charge on any atom is 0.310 e. The van der Waals surface area contributed by atoms with E-state index in [2.05, 4.69) is 27.7 Å². The molecule has 1 aliphatic heterocycles. The summed E-state index contributed by atoms with van der Waals surface area (Å²) in [5, 5.41) is 15.4. The van der Waals surface area contributed by atoms with Crippen molar-refractivity contribution >= 4 is 28.4 Å². The van der Waals surface area contributed by atoms with Crippen LogP contribution in [0.1, 0.15) is 60.3 Å². The van der Waals surface area contributed by atoms with Crippen LogP contribution in [0.2, 0.25) is 0 Å². The van der Waals surface area contributed by atoms with E-state index in [1.165, 1.54) is 16.4 Å². The van der Waals surface area contributed by atoms with Gasteiger partial charge in [-0.1, -0.05) is 0 Å². The monoisotopic (exact) mass is 495 g/mol. The number of carbonyl (C=O) groups excluding carboxylic acids is 1. The van der Waals surface area contributed by atoms with E-state index >= 15 is 0 Å². The van der Waals surface area contributed by atoms with Gasteiger partial charge in [0.2, 0.25) is 0 Å². The van der Waals surface area contributed by atoms with Gasteiger partial charge in [-0.05, 0) is 93.0 Å². The van der Waals surface area contributed by atoms with E-state index in [-0.39, 0.29) is 29.8 Å². The van der Waals surface area contributed by atoms with E-state index in [1.54, 1.807) is 13.3 Å². The highest BCUT2D eigenvalue weighted by atomic mass is 32.1. The Hall–Kier alpha value is -2.55. The Morgan fingerprint density at radius 1 is 1.31 bits per heavy atom. The summed E-state index contributed by atoms with van der Waals surface area (Å²) in [6.07, 6.45) is 4.96. The number of nitrogens with one attached hydrogen (secondary N) is 1. The normalized spacial score (nSPS) is 25.1. The number of aryl methyl sites for hydroxylation is 1. The number of benzene rings is 1. The van der Waals surface area contributed by atoms with Gasteiger partial charge in [-0.2, -0.15) is 4.37 Å². The molecule has 7 nitrogen and oxygen atoms in total. The molecule has 1 aliphatic carbocycles. The lowest BCUT2D eigenvalue weighted by Crippen LogP contribution is -2.45. The van der Waals surface area contributed by atoms with Gasteiger partial charge in [0, 0.05) is 34.8 Å². The molecule has 5 rings (SSSR count). The number of pyridine rings is 1. The van der Waals surface area contributed by atoms with Crippen molar-refractivity contribution in [1.82, 2.24) is 14.7 Å². The van der Waals surface area contributed by atoms with Crippen LogP contribution < -0.4 is 10.1 Å². The number of esters is 1. The first-order valence-electron chi connectivity index (χ1n) is 12.5. The summed E-state index contributed by atoms with van der Waals surface area (Å²) < 4.78 is 16.0. The second-order valence-electron chi connectivity index (χ2n) is 9.76. The number of aromatic nitrogens is 2. The number of aliphatic hydroxyl groups is 1. The van der Waals surface area contributed by atoms with E-state index in [4.69, 9.17) is 9.47 Å². The fourth-order valence-electron chi connectivity index (χ4n) is 5.45. The van der Waals surface area contributed by atoms with Gasteiger partial charge in [0.05, 0.1) is 30.3 Å². The third kappa shape index (κ3) is 5.20. The molecule has 3 unspecified atom stereocenters. The second-order valence-corrected chi connectivity index (χ2v) is 10.8. The van der Waals surface area contributed by atoms with E-state index in [0.717, 1.165) is 60.1 Å². The molecule has 1 saturated heterocycles. The predicted molar refractivity (Wildman–Crippen MR) is 136 cm³/mol. The van der Waals surface area contributed by atoms with Gasteiger partial charge in [-0.25, -0.2) is 0 Å². The molecule has 1 aromatic carbocycles. The van der Waals surface area contributed by atoms with Crippen LogP contribution in [0.4, 0.5) is 0 Å². The summed E-state index contributed by atoms with van der Waals surface area (Å²) >= 11 is 1.51. The summed E-state index contributed by atoms with van der Waals surface area (Å²) in [7, 11) is 1.63. The highest BCUT2D eigenvalue weighted by Crippen LogP contribution is 2.48. The van der Waals surface area contributed by atoms with Crippen LogP contribution >= 0.6 is 11.5 Å². The van der Waals surface area contributed by atoms with Gasteiger partial charge in [0.1, 0.15) is 11.9 Å². The van der Waals surface area contributed by atoms with Crippen molar-refractivity contribution in [3.05, 3.63) is 52.7 Å². The summed E-state index contributed by atoms with van der Waals surface area (Å²) in [5.74, 6) is 0.987. The SMILES string of the molecule is COc1ccc2nccc(C(O)CC[C@H]3C(OC(=O)C4CCCNC4)C[C@H]3c3cc(C)sn3)c2c1. The Balaban J connectivity index is 1.30. The van der Waals surface area contributed by atoms with Crippen molar-refractivity contribution in [2.24, 2.45) is 11.8 Å². The lowest BCUT2D eigenvalue weighted by atomic mass is 9.66. The number of carbonyl (C=O) groups is 1. The Labute approximate surface area is 210 Å². The maximum atomic E-state index is 12.8. The van der Waals surface area contributed by atoms with E-state index in [9.17, 15) is 9.90 Å². The third-order valence-electron chi connectivity index (χ3n) is 7.52. The molecule has 1 saturated carbocycles. The number of fused-ring (bicyclic) bond motifs is 1. The number of methoxy groups -OCH3 is 1. The highest BCUT2D eigenvalue weighted by molar-refractivity contribution is 7.05. The summed E-state index contributed by atoms with van der Waals surface area (Å²) in [6, 6.07) is 9.73. The molecule has 186 valence electrons. The van der Waals surface area contributed by atoms with Gasteiger partial charge in [0.15, 0.2) is 0 Å². The molecular formula is C27H33N3O4S. The van der Waals surface area contributed by atoms with Crippen LogP contribution in [0.15, 0.2) is 36.5 Å². The second kappa shape index (κ2) is 10.6. The zero-order chi connectivity index (χ0) is 24.4. The molecule has 2 N–H and O–H groups in total. The standard InChI is InChI=1S/C27H33N3O4S/c1-16-12-24(30-35-16)22-14-26(34-27(32)17-4-3-10-28-15-17)20(22)6-8-25(31)19-9-11-29-23-7-5-18(33-2)13-21(19)23/h5,7,9,11-13,17,20,22,25-26,28,31H,3-4,6,8,10,14-15H2,1-2H3/t17?,20-,22-,25?,26?/m1/s1. The quantitative estimate of drug-likeness (QED) is 0.443. The number of aliphatic hydroxyl groups excluding tert-OH is 1. The highest BCUT2D eigenvalue weighted by Gasteiger charge is 2.46. The lowest BCUT2D eigenvalue weighted by molar-refractivity contribution is -0.166. The summed E-state index contributed by atoms with van der Waals surface area (Å²) in [4.78, 5) is 18.4. The largest absolute Gasteiger partial charge is 0.497 e. The molecule has 35 heavy (non-hydrogen) atoms. The fourth-order valence-corrected chi connectivity index (χ4v) is 6.07. The molecule has 5 atom stereocenters. The van der Waals surface area contributed by atoms with Gasteiger partial charge in [-0.15, -0.1) is 0 Å². The molecule has 0 bridgehead atoms. The van der Waals surface area contributed by atoms with Crippen molar-refractivity contribution in [3.63, 3.8) is 0 Å². The Morgan fingerprint density at radius 2 is 2.20 bits per heavy atom. The topological polar surface area (TPSA) is 93.6 Å². The van der Waals surface area contributed by atoms with Crippen molar-refractivity contribution < 1.29 is 19.4 Å². The van der Waals surface area contributed by atoms with Crippen LogP contribution in [0.5, 0.6) is 5.75 Å². The molecule has 0 radical (unpaired) electrons. The fraction of sp³-hybridized carbons (Fsp3) is 0.519.